The van der Waals surface area contributed by atoms with E-state index in [2.05, 4.69) is 15.9 Å². The van der Waals surface area contributed by atoms with Gasteiger partial charge in [0.1, 0.15) is 29.5 Å². The Morgan fingerprint density at radius 1 is 1.57 bits per heavy atom. The van der Waals surface area contributed by atoms with Gasteiger partial charge in [-0.15, -0.1) is 6.42 Å². The van der Waals surface area contributed by atoms with Crippen molar-refractivity contribution in [1.29, 1.82) is 0 Å². The lowest BCUT2D eigenvalue weighted by Gasteiger charge is -2.29. The van der Waals surface area contributed by atoms with Crippen LogP contribution in [-0.2, 0) is 9.47 Å². The molecule has 2 unspecified atom stereocenters. The van der Waals surface area contributed by atoms with Crippen molar-refractivity contribution in [2.24, 2.45) is 0 Å². The quantitative estimate of drug-likeness (QED) is 0.822. The average Bonchev–Trinajstić information content (AvgIpc) is 3.02. The molecule has 7 heteroatoms. The summed E-state index contributed by atoms with van der Waals surface area (Å²) in [7, 11) is 1.56. The Morgan fingerprint density at radius 2 is 2.30 bits per heavy atom. The zero-order chi connectivity index (χ0) is 16.8. The van der Waals surface area contributed by atoms with Gasteiger partial charge in [-0.3, -0.25) is 0 Å². The SMILES string of the molecule is C#Cc1cn([C@@H]2OC(CC)C(OC)[C@@]2(C)O)c2ncnc(N)c12. The molecular weight excluding hydrogens is 296 g/mol. The fourth-order valence-electron chi connectivity index (χ4n) is 3.34. The molecule has 3 heterocycles. The summed E-state index contributed by atoms with van der Waals surface area (Å²) in [6.45, 7) is 3.67. The highest BCUT2D eigenvalue weighted by atomic mass is 16.6. The van der Waals surface area contributed by atoms with E-state index in [1.54, 1.807) is 24.8 Å². The first-order valence-corrected chi connectivity index (χ1v) is 7.43. The van der Waals surface area contributed by atoms with Crippen LogP contribution in [0.25, 0.3) is 11.0 Å². The number of aliphatic hydroxyl groups is 1. The number of nitrogens with zero attached hydrogens (tertiary/aromatic N) is 3. The zero-order valence-electron chi connectivity index (χ0n) is 13.4. The van der Waals surface area contributed by atoms with Crippen molar-refractivity contribution in [2.75, 3.05) is 12.8 Å². The van der Waals surface area contributed by atoms with Crippen molar-refractivity contribution >= 4 is 16.9 Å². The monoisotopic (exact) mass is 316 g/mol. The Labute approximate surface area is 134 Å². The number of anilines is 1. The van der Waals surface area contributed by atoms with Gasteiger partial charge in [-0.2, -0.15) is 0 Å². The molecule has 0 spiro atoms. The van der Waals surface area contributed by atoms with Crippen LogP contribution in [0.4, 0.5) is 5.82 Å². The van der Waals surface area contributed by atoms with Crippen molar-refractivity contribution in [3.8, 4) is 12.3 Å². The van der Waals surface area contributed by atoms with E-state index in [0.717, 1.165) is 0 Å². The van der Waals surface area contributed by atoms with E-state index in [1.165, 1.54) is 6.33 Å². The van der Waals surface area contributed by atoms with E-state index >= 15 is 0 Å². The molecule has 1 saturated heterocycles. The minimum absolute atomic E-state index is 0.231. The molecule has 1 aliphatic rings. The summed E-state index contributed by atoms with van der Waals surface area (Å²) in [5, 5.41) is 11.6. The number of ether oxygens (including phenoxy) is 2. The summed E-state index contributed by atoms with van der Waals surface area (Å²) in [6.07, 6.45) is 7.98. The van der Waals surface area contributed by atoms with Gasteiger partial charge in [0.05, 0.1) is 17.1 Å². The number of rotatable bonds is 3. The summed E-state index contributed by atoms with van der Waals surface area (Å²) in [5.74, 6) is 2.88. The van der Waals surface area contributed by atoms with Crippen LogP contribution in [0.5, 0.6) is 0 Å². The molecule has 0 saturated carbocycles. The van der Waals surface area contributed by atoms with Crippen LogP contribution < -0.4 is 5.73 Å². The lowest BCUT2D eigenvalue weighted by Crippen LogP contribution is -2.44. The van der Waals surface area contributed by atoms with Gasteiger partial charge < -0.3 is 24.9 Å². The zero-order valence-corrected chi connectivity index (χ0v) is 13.4. The number of hydrogen-bond donors (Lipinski definition) is 2. The molecule has 0 bridgehead atoms. The van der Waals surface area contributed by atoms with Crippen molar-refractivity contribution in [1.82, 2.24) is 14.5 Å². The second kappa shape index (κ2) is 5.49. The fourth-order valence-corrected chi connectivity index (χ4v) is 3.34. The second-order valence-electron chi connectivity index (χ2n) is 5.87. The summed E-state index contributed by atoms with van der Waals surface area (Å²) >= 11 is 0. The highest BCUT2D eigenvalue weighted by Gasteiger charge is 2.53. The van der Waals surface area contributed by atoms with Gasteiger partial charge in [0.2, 0.25) is 0 Å². The molecule has 3 N–H and O–H groups in total. The van der Waals surface area contributed by atoms with Gasteiger partial charge in [-0.1, -0.05) is 12.8 Å². The highest BCUT2D eigenvalue weighted by molar-refractivity contribution is 5.92. The maximum Gasteiger partial charge on any atom is 0.166 e. The minimum atomic E-state index is -1.24. The Kier molecular flexibility index (Phi) is 3.76. The third-order valence-electron chi connectivity index (χ3n) is 4.42. The van der Waals surface area contributed by atoms with E-state index in [0.29, 0.717) is 28.8 Å². The van der Waals surface area contributed by atoms with E-state index in [9.17, 15) is 5.11 Å². The maximum atomic E-state index is 11.0. The first kappa shape index (κ1) is 15.7. The number of aromatic nitrogens is 3. The topological polar surface area (TPSA) is 95.4 Å². The van der Waals surface area contributed by atoms with Gasteiger partial charge in [-0.25, -0.2) is 9.97 Å². The minimum Gasteiger partial charge on any atom is -0.383 e. The molecule has 1 aliphatic heterocycles. The number of methoxy groups -OCH3 is 1. The lowest BCUT2D eigenvalue weighted by atomic mass is 9.95. The fraction of sp³-hybridized carbons (Fsp3) is 0.500. The smallest absolute Gasteiger partial charge is 0.166 e. The highest BCUT2D eigenvalue weighted by Crippen LogP contribution is 2.42. The number of terminal acetylenes is 1. The van der Waals surface area contributed by atoms with Crippen molar-refractivity contribution in [2.45, 2.75) is 44.3 Å². The third kappa shape index (κ3) is 2.18. The molecule has 7 nitrogen and oxygen atoms in total. The third-order valence-corrected chi connectivity index (χ3v) is 4.42. The molecule has 0 radical (unpaired) electrons. The van der Waals surface area contributed by atoms with Crippen molar-refractivity contribution in [3.05, 3.63) is 18.1 Å². The number of fused-ring (bicyclic) bond motifs is 1. The molecule has 1 fully saturated rings. The van der Waals surface area contributed by atoms with Gasteiger partial charge >= 0.3 is 0 Å². The number of nitrogen functional groups attached to an aromatic ring is 1. The van der Waals surface area contributed by atoms with Crippen molar-refractivity contribution < 1.29 is 14.6 Å². The molecule has 2 aromatic heterocycles. The van der Waals surface area contributed by atoms with Crippen LogP contribution in [0.2, 0.25) is 0 Å². The van der Waals surface area contributed by atoms with Gasteiger partial charge in [-0.05, 0) is 13.3 Å². The van der Waals surface area contributed by atoms with Crippen LogP contribution in [-0.4, -0.2) is 44.6 Å². The molecule has 23 heavy (non-hydrogen) atoms. The van der Waals surface area contributed by atoms with E-state index in [4.69, 9.17) is 21.6 Å². The second-order valence-corrected chi connectivity index (χ2v) is 5.87. The van der Waals surface area contributed by atoms with E-state index < -0.39 is 17.9 Å². The number of nitrogens with two attached hydrogens (primary N) is 1. The Morgan fingerprint density at radius 3 is 2.87 bits per heavy atom. The molecule has 0 amide bonds. The van der Waals surface area contributed by atoms with Gasteiger partial charge in [0.25, 0.3) is 0 Å². The Balaban J connectivity index is 2.18. The first-order chi connectivity index (χ1) is 11.0. The maximum absolute atomic E-state index is 11.0. The standard InChI is InChI=1S/C16H20N4O3/c1-5-9-7-20(14-11(9)13(17)18-8-19-14)15-16(3,21)12(22-4)10(6-2)23-15/h1,7-8,10,12,15,21H,6H2,2-4H3,(H2,17,18,19)/t10?,12?,15-,16-/m1/s1. The van der Waals surface area contributed by atoms with Crippen LogP contribution in [0.3, 0.4) is 0 Å². The van der Waals surface area contributed by atoms with E-state index in [-0.39, 0.29) is 6.10 Å². The first-order valence-electron chi connectivity index (χ1n) is 7.43. The van der Waals surface area contributed by atoms with Crippen LogP contribution >= 0.6 is 0 Å². The normalized spacial score (nSPS) is 30.7. The average molecular weight is 316 g/mol. The predicted octanol–water partition coefficient (Wildman–Crippen LogP) is 1.07. The molecule has 3 rings (SSSR count). The Hall–Kier alpha value is -2.14. The van der Waals surface area contributed by atoms with Gasteiger partial charge in [0, 0.05) is 13.3 Å². The number of hydrogen-bond acceptors (Lipinski definition) is 6. The van der Waals surface area contributed by atoms with Crippen molar-refractivity contribution in [3.63, 3.8) is 0 Å². The van der Waals surface area contributed by atoms with Crippen LogP contribution in [0.1, 0.15) is 32.1 Å². The summed E-state index contributed by atoms with van der Waals surface area (Å²) < 4.78 is 13.2. The molecule has 2 aromatic rings. The molecule has 0 aliphatic carbocycles. The van der Waals surface area contributed by atoms with Crippen LogP contribution in [0, 0.1) is 12.3 Å². The van der Waals surface area contributed by atoms with Crippen LogP contribution in [0.15, 0.2) is 12.5 Å². The molecular formula is C16H20N4O3. The summed E-state index contributed by atoms with van der Waals surface area (Å²) in [4.78, 5) is 8.25. The lowest BCUT2D eigenvalue weighted by molar-refractivity contribution is -0.101. The van der Waals surface area contributed by atoms with E-state index in [1.807, 2.05) is 6.92 Å². The summed E-state index contributed by atoms with van der Waals surface area (Å²) in [5.41, 5.74) is 5.78. The predicted molar refractivity (Wildman–Crippen MR) is 85.5 cm³/mol. The molecule has 122 valence electrons. The summed E-state index contributed by atoms with van der Waals surface area (Å²) in [6, 6.07) is 0. The molecule has 0 aromatic carbocycles. The van der Waals surface area contributed by atoms with Gasteiger partial charge in [0.15, 0.2) is 6.23 Å². The largest absolute Gasteiger partial charge is 0.383 e. The Bertz CT molecular complexity index is 777. The molecule has 4 atom stereocenters.